The van der Waals surface area contributed by atoms with E-state index in [1.165, 1.54) is 6.20 Å². The van der Waals surface area contributed by atoms with Gasteiger partial charge in [0.05, 0.1) is 5.56 Å². The van der Waals surface area contributed by atoms with E-state index in [2.05, 4.69) is 15.6 Å². The van der Waals surface area contributed by atoms with Gasteiger partial charge in [0.1, 0.15) is 0 Å². The third kappa shape index (κ3) is 4.58. The number of carbonyl (C=O) groups excluding carboxylic acids is 2. The molecule has 0 bridgehead atoms. The number of carbonyl (C=O) groups is 2. The van der Waals surface area contributed by atoms with E-state index in [1.54, 1.807) is 18.3 Å². The predicted octanol–water partition coefficient (Wildman–Crippen LogP) is 3.88. The first-order valence-corrected chi connectivity index (χ1v) is 8.69. The average Bonchev–Trinajstić information content (AvgIpc) is 2.69. The molecule has 0 atom stereocenters. The van der Waals surface area contributed by atoms with Crippen LogP contribution < -0.4 is 10.6 Å². The summed E-state index contributed by atoms with van der Waals surface area (Å²) >= 11 is 0. The van der Waals surface area contributed by atoms with Gasteiger partial charge in [-0.25, -0.2) is 0 Å². The molecule has 0 spiro atoms. The molecule has 0 aliphatic heterocycles. The van der Waals surface area contributed by atoms with Crippen LogP contribution in [0, 0.1) is 13.8 Å². The summed E-state index contributed by atoms with van der Waals surface area (Å²) < 4.78 is 0. The first-order valence-electron chi connectivity index (χ1n) is 8.69. The number of anilines is 1. The van der Waals surface area contributed by atoms with Gasteiger partial charge >= 0.3 is 0 Å². The van der Waals surface area contributed by atoms with Crippen LogP contribution in [0.15, 0.2) is 67.0 Å². The van der Waals surface area contributed by atoms with Gasteiger partial charge in [-0.15, -0.1) is 0 Å². The summed E-state index contributed by atoms with van der Waals surface area (Å²) in [4.78, 5) is 28.7. The Hall–Kier alpha value is -3.47. The van der Waals surface area contributed by atoms with Crippen LogP contribution >= 0.6 is 0 Å². The fraction of sp³-hybridized carbons (Fsp3) is 0.136. The zero-order chi connectivity index (χ0) is 19.2. The maximum Gasteiger partial charge on any atom is 0.257 e. The second-order valence-corrected chi connectivity index (χ2v) is 6.33. The molecule has 1 aromatic heterocycles. The number of hydrogen-bond donors (Lipinski definition) is 2. The van der Waals surface area contributed by atoms with Crippen molar-refractivity contribution in [1.82, 2.24) is 10.3 Å². The number of nitrogens with zero attached hydrogens (tertiary/aromatic N) is 1. The van der Waals surface area contributed by atoms with Gasteiger partial charge in [0.25, 0.3) is 11.8 Å². The van der Waals surface area contributed by atoms with E-state index in [0.29, 0.717) is 23.4 Å². The summed E-state index contributed by atoms with van der Waals surface area (Å²) in [6.45, 7) is 4.31. The molecule has 0 fully saturated rings. The highest BCUT2D eigenvalue weighted by atomic mass is 16.2. The lowest BCUT2D eigenvalue weighted by molar-refractivity contribution is 0.0950. The van der Waals surface area contributed by atoms with Gasteiger partial charge in [0.15, 0.2) is 0 Å². The minimum Gasteiger partial charge on any atom is -0.348 e. The molecular formula is C22H21N3O2. The van der Waals surface area contributed by atoms with Crippen molar-refractivity contribution in [3.05, 3.63) is 94.8 Å². The zero-order valence-electron chi connectivity index (χ0n) is 15.3. The van der Waals surface area contributed by atoms with Crippen molar-refractivity contribution < 1.29 is 9.59 Å². The van der Waals surface area contributed by atoms with E-state index in [-0.39, 0.29) is 11.8 Å². The smallest absolute Gasteiger partial charge is 0.257 e. The Bertz CT molecular complexity index is 968. The van der Waals surface area contributed by atoms with Crippen LogP contribution in [0.5, 0.6) is 0 Å². The van der Waals surface area contributed by atoms with Crippen LogP contribution in [-0.4, -0.2) is 16.8 Å². The lowest BCUT2D eigenvalue weighted by Crippen LogP contribution is -2.24. The Balaban J connectivity index is 1.69. The highest BCUT2D eigenvalue weighted by molar-refractivity contribution is 6.04. The Labute approximate surface area is 158 Å². The van der Waals surface area contributed by atoms with Crippen molar-refractivity contribution in [3.8, 4) is 0 Å². The molecular weight excluding hydrogens is 338 g/mol. The normalized spacial score (nSPS) is 10.3. The number of benzene rings is 2. The number of nitrogens with one attached hydrogen (secondary N) is 2. The molecule has 0 aliphatic rings. The van der Waals surface area contributed by atoms with Gasteiger partial charge in [-0.3, -0.25) is 14.6 Å². The summed E-state index contributed by atoms with van der Waals surface area (Å²) in [7, 11) is 0. The van der Waals surface area contributed by atoms with Crippen LogP contribution in [0.4, 0.5) is 5.69 Å². The summed E-state index contributed by atoms with van der Waals surface area (Å²) in [5.41, 5.74) is 4.81. The molecule has 1 heterocycles. The molecule has 0 unspecified atom stereocenters. The number of rotatable bonds is 5. The predicted molar refractivity (Wildman–Crippen MR) is 106 cm³/mol. The molecule has 2 N–H and O–H groups in total. The molecule has 27 heavy (non-hydrogen) atoms. The largest absolute Gasteiger partial charge is 0.348 e. The van der Waals surface area contributed by atoms with E-state index in [9.17, 15) is 9.59 Å². The SMILES string of the molecule is Cc1ccc(C(=O)NCc2ccccc2NC(=O)c2cccnc2)cc1C. The molecule has 3 aromatic rings. The fourth-order valence-corrected chi connectivity index (χ4v) is 2.65. The number of aryl methyl sites for hydroxylation is 2. The minimum atomic E-state index is -0.240. The monoisotopic (exact) mass is 359 g/mol. The van der Waals surface area contributed by atoms with Crippen LogP contribution in [0.1, 0.15) is 37.4 Å². The van der Waals surface area contributed by atoms with Crippen molar-refractivity contribution in [3.63, 3.8) is 0 Å². The maximum atomic E-state index is 12.4. The van der Waals surface area contributed by atoms with Gasteiger partial charge in [-0.2, -0.15) is 0 Å². The average molecular weight is 359 g/mol. The van der Waals surface area contributed by atoms with Crippen LogP contribution in [0.2, 0.25) is 0 Å². The molecule has 136 valence electrons. The molecule has 0 radical (unpaired) electrons. The van der Waals surface area contributed by atoms with E-state index in [1.807, 2.05) is 56.3 Å². The number of hydrogen-bond acceptors (Lipinski definition) is 3. The van der Waals surface area contributed by atoms with Crippen LogP contribution in [0.3, 0.4) is 0 Å². The minimum absolute atomic E-state index is 0.147. The third-order valence-corrected chi connectivity index (χ3v) is 4.40. The Morgan fingerprint density at radius 2 is 1.70 bits per heavy atom. The van der Waals surface area contributed by atoms with E-state index < -0.39 is 0 Å². The second-order valence-electron chi connectivity index (χ2n) is 6.33. The molecule has 0 saturated heterocycles. The standard InChI is InChI=1S/C22H21N3O2/c1-15-9-10-17(12-16(15)2)21(26)24-14-18-6-3-4-8-20(18)25-22(27)19-7-5-11-23-13-19/h3-13H,14H2,1-2H3,(H,24,26)(H,25,27). The van der Waals surface area contributed by atoms with Crippen molar-refractivity contribution in [2.45, 2.75) is 20.4 Å². The van der Waals surface area contributed by atoms with Crippen molar-refractivity contribution in [2.75, 3.05) is 5.32 Å². The van der Waals surface area contributed by atoms with Gasteiger partial charge in [0, 0.05) is 30.2 Å². The Morgan fingerprint density at radius 3 is 2.44 bits per heavy atom. The van der Waals surface area contributed by atoms with Crippen LogP contribution in [-0.2, 0) is 6.54 Å². The summed E-state index contributed by atoms with van der Waals surface area (Å²) in [6, 6.07) is 16.4. The first kappa shape index (κ1) is 18.3. The second kappa shape index (κ2) is 8.27. The molecule has 2 aromatic carbocycles. The van der Waals surface area contributed by atoms with Crippen LogP contribution in [0.25, 0.3) is 0 Å². The lowest BCUT2D eigenvalue weighted by Gasteiger charge is -2.12. The Morgan fingerprint density at radius 1 is 0.889 bits per heavy atom. The topological polar surface area (TPSA) is 71.1 Å². The molecule has 2 amide bonds. The molecule has 5 heteroatoms. The fourth-order valence-electron chi connectivity index (χ4n) is 2.65. The lowest BCUT2D eigenvalue weighted by atomic mass is 10.1. The van der Waals surface area contributed by atoms with Gasteiger partial charge in [-0.05, 0) is 60.9 Å². The number of aromatic nitrogens is 1. The van der Waals surface area contributed by atoms with Gasteiger partial charge in [-0.1, -0.05) is 24.3 Å². The summed E-state index contributed by atoms with van der Waals surface area (Å²) in [5.74, 6) is -0.387. The molecule has 5 nitrogen and oxygen atoms in total. The number of para-hydroxylation sites is 1. The molecule has 0 aliphatic carbocycles. The third-order valence-electron chi connectivity index (χ3n) is 4.40. The van der Waals surface area contributed by atoms with Crippen molar-refractivity contribution in [2.24, 2.45) is 0 Å². The quantitative estimate of drug-likeness (QED) is 0.726. The van der Waals surface area contributed by atoms with E-state index in [4.69, 9.17) is 0 Å². The highest BCUT2D eigenvalue weighted by Crippen LogP contribution is 2.17. The zero-order valence-corrected chi connectivity index (χ0v) is 15.3. The Kier molecular flexibility index (Phi) is 5.61. The molecule has 3 rings (SSSR count). The summed E-state index contributed by atoms with van der Waals surface area (Å²) in [5, 5.41) is 5.79. The molecule has 0 saturated carbocycles. The van der Waals surface area contributed by atoms with E-state index in [0.717, 1.165) is 16.7 Å². The highest BCUT2D eigenvalue weighted by Gasteiger charge is 2.11. The van der Waals surface area contributed by atoms with Gasteiger partial charge in [0.2, 0.25) is 0 Å². The number of amides is 2. The van der Waals surface area contributed by atoms with E-state index >= 15 is 0 Å². The van der Waals surface area contributed by atoms with Crippen molar-refractivity contribution in [1.29, 1.82) is 0 Å². The first-order chi connectivity index (χ1) is 13.0. The van der Waals surface area contributed by atoms with Gasteiger partial charge < -0.3 is 10.6 Å². The maximum absolute atomic E-state index is 12.4. The van der Waals surface area contributed by atoms with Crippen molar-refractivity contribution >= 4 is 17.5 Å². The summed E-state index contributed by atoms with van der Waals surface area (Å²) in [6.07, 6.45) is 3.13. The number of pyridine rings is 1.